The standard InChI is InChI=1S/C17H21NO3/c1-11-5-2-6-12-7-4-10-18(15(11)12)16(19)13-8-3-9-14(13)17(20)21/h2,5-6,13-14H,3-4,7-10H2,1H3,(H,20,21). The van der Waals surface area contributed by atoms with E-state index in [1.807, 2.05) is 24.0 Å². The molecule has 0 bridgehead atoms. The molecule has 1 saturated carbocycles. The number of hydrogen-bond acceptors (Lipinski definition) is 2. The predicted molar refractivity (Wildman–Crippen MR) is 80.3 cm³/mol. The fourth-order valence-corrected chi connectivity index (χ4v) is 3.82. The first-order chi connectivity index (χ1) is 10.1. The van der Waals surface area contributed by atoms with Crippen molar-refractivity contribution in [1.82, 2.24) is 0 Å². The van der Waals surface area contributed by atoms with Crippen molar-refractivity contribution < 1.29 is 14.7 Å². The number of carbonyl (C=O) groups is 2. The zero-order valence-corrected chi connectivity index (χ0v) is 12.3. The van der Waals surface area contributed by atoms with E-state index in [0.29, 0.717) is 19.4 Å². The second-order valence-electron chi connectivity index (χ2n) is 6.16. The Morgan fingerprint density at radius 1 is 1.19 bits per heavy atom. The third-order valence-electron chi connectivity index (χ3n) is 4.84. The highest BCUT2D eigenvalue weighted by Gasteiger charge is 2.41. The predicted octanol–water partition coefficient (Wildman–Crippen LogP) is 2.78. The fourth-order valence-electron chi connectivity index (χ4n) is 3.82. The summed E-state index contributed by atoms with van der Waals surface area (Å²) in [5, 5.41) is 9.31. The number of amides is 1. The van der Waals surface area contributed by atoms with Crippen LogP contribution in [-0.2, 0) is 16.0 Å². The van der Waals surface area contributed by atoms with E-state index in [2.05, 4.69) is 6.07 Å². The lowest BCUT2D eigenvalue weighted by Crippen LogP contribution is -2.42. The van der Waals surface area contributed by atoms with E-state index >= 15 is 0 Å². The molecule has 2 unspecified atom stereocenters. The second-order valence-corrected chi connectivity index (χ2v) is 6.16. The number of aryl methyl sites for hydroxylation is 2. The monoisotopic (exact) mass is 287 g/mol. The van der Waals surface area contributed by atoms with Crippen molar-refractivity contribution in [3.63, 3.8) is 0 Å². The van der Waals surface area contributed by atoms with Gasteiger partial charge in [-0.15, -0.1) is 0 Å². The Hall–Kier alpha value is -1.84. The van der Waals surface area contributed by atoms with Gasteiger partial charge in [0.05, 0.1) is 11.8 Å². The maximum Gasteiger partial charge on any atom is 0.307 e. The van der Waals surface area contributed by atoms with E-state index in [1.165, 1.54) is 5.56 Å². The first-order valence-corrected chi connectivity index (χ1v) is 7.72. The Morgan fingerprint density at radius 2 is 1.95 bits per heavy atom. The molecule has 4 nitrogen and oxygen atoms in total. The van der Waals surface area contributed by atoms with Crippen LogP contribution in [0.25, 0.3) is 0 Å². The van der Waals surface area contributed by atoms with Crippen molar-refractivity contribution in [3.05, 3.63) is 29.3 Å². The summed E-state index contributed by atoms with van der Waals surface area (Å²) < 4.78 is 0. The number of fused-ring (bicyclic) bond motifs is 1. The Bertz CT molecular complexity index is 581. The maximum atomic E-state index is 12.9. The number of para-hydroxylation sites is 1. The van der Waals surface area contributed by atoms with E-state index in [4.69, 9.17) is 0 Å². The molecule has 21 heavy (non-hydrogen) atoms. The number of rotatable bonds is 2. The molecule has 1 aromatic rings. The van der Waals surface area contributed by atoms with Crippen LogP contribution in [0.1, 0.15) is 36.8 Å². The van der Waals surface area contributed by atoms with Crippen LogP contribution in [-0.4, -0.2) is 23.5 Å². The van der Waals surface area contributed by atoms with Gasteiger partial charge < -0.3 is 10.0 Å². The molecule has 0 aromatic heterocycles. The third-order valence-corrected chi connectivity index (χ3v) is 4.84. The Balaban J connectivity index is 1.92. The summed E-state index contributed by atoms with van der Waals surface area (Å²) in [7, 11) is 0. The average molecular weight is 287 g/mol. The highest BCUT2D eigenvalue weighted by molar-refractivity contribution is 5.99. The molecule has 0 spiro atoms. The van der Waals surface area contributed by atoms with Crippen molar-refractivity contribution in [3.8, 4) is 0 Å². The van der Waals surface area contributed by atoms with Crippen molar-refractivity contribution in [2.24, 2.45) is 11.8 Å². The van der Waals surface area contributed by atoms with Crippen LogP contribution >= 0.6 is 0 Å². The molecule has 1 aliphatic heterocycles. The van der Waals surface area contributed by atoms with Gasteiger partial charge in [-0.2, -0.15) is 0 Å². The lowest BCUT2D eigenvalue weighted by atomic mass is 9.92. The largest absolute Gasteiger partial charge is 0.481 e. The normalized spacial score (nSPS) is 24.7. The molecular formula is C17H21NO3. The fraction of sp³-hybridized carbons (Fsp3) is 0.529. The lowest BCUT2D eigenvalue weighted by Gasteiger charge is -2.33. The minimum absolute atomic E-state index is 0.00940. The number of benzene rings is 1. The quantitative estimate of drug-likeness (QED) is 0.910. The van der Waals surface area contributed by atoms with Gasteiger partial charge in [-0.25, -0.2) is 0 Å². The van der Waals surface area contributed by atoms with E-state index < -0.39 is 11.9 Å². The van der Waals surface area contributed by atoms with Crippen molar-refractivity contribution in [1.29, 1.82) is 0 Å². The van der Waals surface area contributed by atoms with E-state index in [1.54, 1.807) is 0 Å². The lowest BCUT2D eigenvalue weighted by molar-refractivity contribution is -0.145. The van der Waals surface area contributed by atoms with Gasteiger partial charge in [0.25, 0.3) is 0 Å². The molecule has 1 N–H and O–H groups in total. The zero-order valence-electron chi connectivity index (χ0n) is 12.3. The molecule has 0 saturated heterocycles. The molecule has 1 aliphatic carbocycles. The van der Waals surface area contributed by atoms with Crippen LogP contribution in [0.2, 0.25) is 0 Å². The molecule has 112 valence electrons. The molecule has 1 fully saturated rings. The van der Waals surface area contributed by atoms with Crippen LogP contribution in [0.15, 0.2) is 18.2 Å². The van der Waals surface area contributed by atoms with Gasteiger partial charge in [-0.05, 0) is 43.7 Å². The van der Waals surface area contributed by atoms with E-state index in [-0.39, 0.29) is 11.8 Å². The smallest absolute Gasteiger partial charge is 0.307 e. The van der Waals surface area contributed by atoms with Gasteiger partial charge in [0.15, 0.2) is 0 Å². The number of carboxylic acids is 1. The highest BCUT2D eigenvalue weighted by Crippen LogP contribution is 2.37. The molecule has 1 amide bonds. The van der Waals surface area contributed by atoms with Crippen molar-refractivity contribution in [2.45, 2.75) is 39.0 Å². The number of hydrogen-bond donors (Lipinski definition) is 1. The first kappa shape index (κ1) is 14.1. The summed E-state index contributed by atoms with van der Waals surface area (Å²) >= 11 is 0. The number of carboxylic acid groups (broad SMARTS) is 1. The van der Waals surface area contributed by atoms with Crippen LogP contribution in [0.5, 0.6) is 0 Å². The van der Waals surface area contributed by atoms with E-state index in [9.17, 15) is 14.7 Å². The second kappa shape index (κ2) is 5.51. The van der Waals surface area contributed by atoms with Crippen molar-refractivity contribution in [2.75, 3.05) is 11.4 Å². The Morgan fingerprint density at radius 3 is 2.71 bits per heavy atom. The van der Waals surface area contributed by atoms with Gasteiger partial charge in [0.1, 0.15) is 0 Å². The number of aliphatic carboxylic acids is 1. The van der Waals surface area contributed by atoms with E-state index in [0.717, 1.165) is 30.5 Å². The van der Waals surface area contributed by atoms with Crippen molar-refractivity contribution >= 4 is 17.6 Å². The molecule has 2 atom stereocenters. The third kappa shape index (κ3) is 2.43. The highest BCUT2D eigenvalue weighted by atomic mass is 16.4. The van der Waals surface area contributed by atoms with Gasteiger partial charge in [-0.3, -0.25) is 9.59 Å². The SMILES string of the molecule is Cc1cccc2c1N(C(=O)C1CCCC1C(=O)O)CCC2. The number of nitrogens with zero attached hydrogens (tertiary/aromatic N) is 1. The molecule has 0 radical (unpaired) electrons. The summed E-state index contributed by atoms with van der Waals surface area (Å²) in [4.78, 5) is 26.1. The summed E-state index contributed by atoms with van der Waals surface area (Å²) in [5.41, 5.74) is 3.33. The Labute approximate surface area is 124 Å². The van der Waals surface area contributed by atoms with Crippen LogP contribution < -0.4 is 4.90 Å². The van der Waals surface area contributed by atoms with Gasteiger partial charge in [0.2, 0.25) is 5.91 Å². The number of carbonyl (C=O) groups excluding carboxylic acids is 1. The van der Waals surface area contributed by atoms with Gasteiger partial charge in [-0.1, -0.05) is 24.6 Å². The molecule has 1 aromatic carbocycles. The molecular weight excluding hydrogens is 266 g/mol. The summed E-state index contributed by atoms with van der Waals surface area (Å²) in [6, 6.07) is 6.12. The minimum Gasteiger partial charge on any atom is -0.481 e. The zero-order chi connectivity index (χ0) is 15.0. The minimum atomic E-state index is -0.826. The molecule has 1 heterocycles. The summed E-state index contributed by atoms with van der Waals surface area (Å²) in [5.74, 6) is -1.68. The van der Waals surface area contributed by atoms with Gasteiger partial charge in [0, 0.05) is 12.2 Å². The molecule has 3 rings (SSSR count). The maximum absolute atomic E-state index is 12.9. The topological polar surface area (TPSA) is 57.6 Å². The molecule has 4 heteroatoms. The Kier molecular flexibility index (Phi) is 3.70. The van der Waals surface area contributed by atoms with Crippen LogP contribution in [0.3, 0.4) is 0 Å². The first-order valence-electron chi connectivity index (χ1n) is 7.72. The summed E-state index contributed by atoms with van der Waals surface area (Å²) in [6.45, 7) is 2.73. The molecule has 2 aliphatic rings. The average Bonchev–Trinajstić information content (AvgIpc) is 2.96. The van der Waals surface area contributed by atoms with Crippen LogP contribution in [0, 0.1) is 18.8 Å². The number of anilines is 1. The van der Waals surface area contributed by atoms with Gasteiger partial charge >= 0.3 is 5.97 Å². The summed E-state index contributed by atoms with van der Waals surface area (Å²) in [6.07, 6.45) is 4.11. The van der Waals surface area contributed by atoms with Crippen LogP contribution in [0.4, 0.5) is 5.69 Å².